The number of aromatic nitrogens is 1. The number of nitrogens with zero attached hydrogens (tertiary/aromatic N) is 1. The first kappa shape index (κ1) is 13.5. The molecule has 2 aromatic rings. The molecule has 1 aromatic heterocycles. The standard InChI is InChI=1S/C14H15NO3S/c1-2-13-15-11(9-19-13)8-18-12-5-3-10(4-6-12)7-14(16)17/h3-6,9H,2,7-8H2,1H3,(H,16,17). The van der Waals surface area contributed by atoms with Gasteiger partial charge in [0.1, 0.15) is 12.4 Å². The summed E-state index contributed by atoms with van der Waals surface area (Å²) < 4.78 is 5.61. The summed E-state index contributed by atoms with van der Waals surface area (Å²) in [7, 11) is 0. The Kier molecular flexibility index (Phi) is 4.52. The molecule has 0 aliphatic rings. The van der Waals surface area contributed by atoms with Gasteiger partial charge in [0, 0.05) is 5.38 Å². The van der Waals surface area contributed by atoms with Crippen molar-refractivity contribution in [3.63, 3.8) is 0 Å². The van der Waals surface area contributed by atoms with Gasteiger partial charge >= 0.3 is 5.97 Å². The Balaban J connectivity index is 1.90. The van der Waals surface area contributed by atoms with Crippen LogP contribution in [0.1, 0.15) is 23.2 Å². The van der Waals surface area contributed by atoms with Gasteiger partial charge in [-0.05, 0) is 24.1 Å². The normalized spacial score (nSPS) is 10.4. The summed E-state index contributed by atoms with van der Waals surface area (Å²) in [6.07, 6.45) is 0.973. The molecule has 0 bridgehead atoms. The second kappa shape index (κ2) is 6.33. The second-order valence-electron chi connectivity index (χ2n) is 4.09. The molecular formula is C14H15NO3S. The number of aryl methyl sites for hydroxylation is 1. The van der Waals surface area contributed by atoms with Crippen molar-refractivity contribution in [3.8, 4) is 5.75 Å². The third-order valence-electron chi connectivity index (χ3n) is 2.57. The minimum atomic E-state index is -0.830. The number of carboxylic acid groups (broad SMARTS) is 1. The molecule has 0 saturated heterocycles. The third-order valence-corrected chi connectivity index (χ3v) is 3.61. The minimum Gasteiger partial charge on any atom is -0.487 e. The molecule has 0 aliphatic carbocycles. The van der Waals surface area contributed by atoms with Crippen molar-refractivity contribution in [2.75, 3.05) is 0 Å². The highest BCUT2D eigenvalue weighted by atomic mass is 32.1. The quantitative estimate of drug-likeness (QED) is 0.882. The van der Waals surface area contributed by atoms with Crippen molar-refractivity contribution >= 4 is 17.3 Å². The largest absolute Gasteiger partial charge is 0.487 e. The van der Waals surface area contributed by atoms with E-state index in [2.05, 4.69) is 11.9 Å². The molecule has 0 unspecified atom stereocenters. The molecule has 0 atom stereocenters. The topological polar surface area (TPSA) is 59.4 Å². The number of rotatable bonds is 6. The summed E-state index contributed by atoms with van der Waals surface area (Å²) in [5.74, 6) is -0.108. The lowest BCUT2D eigenvalue weighted by Gasteiger charge is -2.05. The van der Waals surface area contributed by atoms with E-state index in [1.54, 1.807) is 35.6 Å². The Morgan fingerprint density at radius 2 is 2.11 bits per heavy atom. The van der Waals surface area contributed by atoms with Gasteiger partial charge in [0.05, 0.1) is 17.1 Å². The van der Waals surface area contributed by atoms with E-state index in [1.165, 1.54) is 0 Å². The van der Waals surface area contributed by atoms with Crippen molar-refractivity contribution in [2.24, 2.45) is 0 Å². The van der Waals surface area contributed by atoms with Gasteiger partial charge in [-0.25, -0.2) is 4.98 Å². The molecule has 1 heterocycles. The maximum atomic E-state index is 10.6. The zero-order chi connectivity index (χ0) is 13.7. The predicted molar refractivity (Wildman–Crippen MR) is 73.6 cm³/mol. The molecule has 0 aliphatic heterocycles. The van der Waals surface area contributed by atoms with Crippen LogP contribution >= 0.6 is 11.3 Å². The van der Waals surface area contributed by atoms with Crippen LogP contribution in [0, 0.1) is 0 Å². The van der Waals surface area contributed by atoms with Crippen LogP contribution < -0.4 is 4.74 Å². The zero-order valence-corrected chi connectivity index (χ0v) is 11.4. The summed E-state index contributed by atoms with van der Waals surface area (Å²) in [5.41, 5.74) is 1.69. The Hall–Kier alpha value is -1.88. The molecule has 2 rings (SSSR count). The fourth-order valence-electron chi connectivity index (χ4n) is 1.61. The van der Waals surface area contributed by atoms with Crippen LogP contribution in [0.5, 0.6) is 5.75 Å². The maximum Gasteiger partial charge on any atom is 0.307 e. The van der Waals surface area contributed by atoms with Gasteiger partial charge in [-0.3, -0.25) is 4.79 Å². The van der Waals surface area contributed by atoms with E-state index in [4.69, 9.17) is 9.84 Å². The number of thiazole rings is 1. The van der Waals surface area contributed by atoms with E-state index in [-0.39, 0.29) is 6.42 Å². The van der Waals surface area contributed by atoms with E-state index in [0.29, 0.717) is 6.61 Å². The van der Waals surface area contributed by atoms with Crippen LogP contribution in [0.3, 0.4) is 0 Å². The Morgan fingerprint density at radius 3 is 2.68 bits per heavy atom. The summed E-state index contributed by atoms with van der Waals surface area (Å²) in [5, 5.41) is 11.8. The first-order chi connectivity index (χ1) is 9.17. The predicted octanol–water partition coefficient (Wildman–Crippen LogP) is 2.91. The van der Waals surface area contributed by atoms with Gasteiger partial charge in [0.15, 0.2) is 0 Å². The van der Waals surface area contributed by atoms with Crippen LogP contribution in [0.4, 0.5) is 0 Å². The van der Waals surface area contributed by atoms with E-state index in [0.717, 1.165) is 28.4 Å². The Labute approximate surface area is 115 Å². The molecule has 100 valence electrons. The van der Waals surface area contributed by atoms with Crippen LogP contribution in [0.2, 0.25) is 0 Å². The van der Waals surface area contributed by atoms with E-state index in [1.807, 2.05) is 5.38 Å². The summed E-state index contributed by atoms with van der Waals surface area (Å²) in [6.45, 7) is 2.51. The van der Waals surface area contributed by atoms with Gasteiger partial charge in [0.25, 0.3) is 0 Å². The van der Waals surface area contributed by atoms with E-state index in [9.17, 15) is 4.79 Å². The average Bonchev–Trinajstić information content (AvgIpc) is 2.85. The number of benzene rings is 1. The Morgan fingerprint density at radius 1 is 1.37 bits per heavy atom. The zero-order valence-electron chi connectivity index (χ0n) is 10.6. The molecule has 0 spiro atoms. The van der Waals surface area contributed by atoms with Crippen molar-refractivity contribution < 1.29 is 14.6 Å². The molecule has 0 amide bonds. The lowest BCUT2D eigenvalue weighted by atomic mass is 10.1. The number of aliphatic carboxylic acids is 1. The lowest BCUT2D eigenvalue weighted by molar-refractivity contribution is -0.136. The summed E-state index contributed by atoms with van der Waals surface area (Å²) >= 11 is 1.64. The number of carbonyl (C=O) groups is 1. The van der Waals surface area contributed by atoms with Crippen LogP contribution in [0.15, 0.2) is 29.6 Å². The maximum absolute atomic E-state index is 10.6. The number of ether oxygens (including phenoxy) is 1. The van der Waals surface area contributed by atoms with Gasteiger partial charge < -0.3 is 9.84 Å². The third kappa shape index (κ3) is 4.06. The highest BCUT2D eigenvalue weighted by Gasteiger charge is 2.03. The van der Waals surface area contributed by atoms with Crippen molar-refractivity contribution in [1.29, 1.82) is 0 Å². The number of hydrogen-bond acceptors (Lipinski definition) is 4. The lowest BCUT2D eigenvalue weighted by Crippen LogP contribution is -2.00. The van der Waals surface area contributed by atoms with Gasteiger partial charge in [0.2, 0.25) is 0 Å². The fourth-order valence-corrected chi connectivity index (χ4v) is 2.34. The molecule has 19 heavy (non-hydrogen) atoms. The van der Waals surface area contributed by atoms with Gasteiger partial charge in [-0.1, -0.05) is 19.1 Å². The van der Waals surface area contributed by atoms with Gasteiger partial charge in [-0.2, -0.15) is 0 Å². The van der Waals surface area contributed by atoms with Crippen molar-refractivity contribution in [2.45, 2.75) is 26.4 Å². The highest BCUT2D eigenvalue weighted by Crippen LogP contribution is 2.16. The Bertz CT molecular complexity index is 548. The summed E-state index contributed by atoms with van der Waals surface area (Å²) in [6, 6.07) is 7.10. The average molecular weight is 277 g/mol. The van der Waals surface area contributed by atoms with Crippen molar-refractivity contribution in [3.05, 3.63) is 45.9 Å². The fraction of sp³-hybridized carbons (Fsp3) is 0.286. The molecule has 4 nitrogen and oxygen atoms in total. The number of carboxylic acids is 1. The van der Waals surface area contributed by atoms with E-state index < -0.39 is 5.97 Å². The highest BCUT2D eigenvalue weighted by molar-refractivity contribution is 7.09. The molecule has 0 saturated carbocycles. The molecule has 0 fully saturated rings. The minimum absolute atomic E-state index is 0.0340. The van der Waals surface area contributed by atoms with Gasteiger partial charge in [-0.15, -0.1) is 11.3 Å². The smallest absolute Gasteiger partial charge is 0.307 e. The molecule has 5 heteroatoms. The van der Waals surface area contributed by atoms with Crippen LogP contribution in [0.25, 0.3) is 0 Å². The monoisotopic (exact) mass is 277 g/mol. The van der Waals surface area contributed by atoms with Crippen molar-refractivity contribution in [1.82, 2.24) is 4.98 Å². The van der Waals surface area contributed by atoms with Crippen LogP contribution in [-0.2, 0) is 24.2 Å². The molecule has 0 radical (unpaired) electrons. The second-order valence-corrected chi connectivity index (χ2v) is 5.03. The van der Waals surface area contributed by atoms with Crippen LogP contribution in [-0.4, -0.2) is 16.1 Å². The van der Waals surface area contributed by atoms with E-state index >= 15 is 0 Å². The SMILES string of the molecule is CCc1nc(COc2ccc(CC(=O)O)cc2)cs1. The number of hydrogen-bond donors (Lipinski definition) is 1. The first-order valence-electron chi connectivity index (χ1n) is 6.04. The molecule has 1 aromatic carbocycles. The summed E-state index contributed by atoms with van der Waals surface area (Å²) in [4.78, 5) is 15.0. The molecule has 1 N–H and O–H groups in total. The molecular weight excluding hydrogens is 262 g/mol. The first-order valence-corrected chi connectivity index (χ1v) is 6.92.